The van der Waals surface area contributed by atoms with Gasteiger partial charge in [0.25, 0.3) is 11.8 Å². The summed E-state index contributed by atoms with van der Waals surface area (Å²) in [4.78, 5) is 0. The third-order valence-corrected chi connectivity index (χ3v) is 3.15. The van der Waals surface area contributed by atoms with Crippen molar-refractivity contribution in [2.45, 2.75) is 61.2 Å². The van der Waals surface area contributed by atoms with E-state index in [1.54, 1.807) is 0 Å². The van der Waals surface area contributed by atoms with Crippen LogP contribution in [-0.4, -0.2) is 35.5 Å². The predicted molar refractivity (Wildman–Crippen MR) is 68.5 cm³/mol. The van der Waals surface area contributed by atoms with E-state index in [2.05, 4.69) is 13.2 Å². The summed E-state index contributed by atoms with van der Waals surface area (Å²) in [5.74, 6) is -35.5. The van der Waals surface area contributed by atoms with Crippen molar-refractivity contribution in [3.8, 4) is 0 Å². The van der Waals surface area contributed by atoms with Crippen LogP contribution in [0.4, 0.5) is 52.7 Å². The van der Waals surface area contributed by atoms with Crippen molar-refractivity contribution in [2.75, 3.05) is 0 Å². The minimum Gasteiger partial charge on any atom is -0.206 e. The van der Waals surface area contributed by atoms with Gasteiger partial charge in [-0.05, 0) is 0 Å². The molecule has 0 atom stereocenters. The number of alkyl halides is 12. The fourth-order valence-electron chi connectivity index (χ4n) is 1.93. The highest BCUT2D eigenvalue weighted by molar-refractivity contribution is 5.06. The topological polar surface area (TPSA) is 0 Å². The van der Waals surface area contributed by atoms with Gasteiger partial charge in [-0.3, -0.25) is 0 Å². The summed E-state index contributed by atoms with van der Waals surface area (Å²) in [7, 11) is 0. The molecule has 0 spiro atoms. The molecule has 0 aliphatic heterocycles. The highest BCUT2D eigenvalue weighted by atomic mass is 19.4. The Balaban J connectivity index is 5.71. The normalized spacial score (nSPS) is 15.1. The van der Waals surface area contributed by atoms with E-state index >= 15 is 0 Å². The van der Waals surface area contributed by atoms with Gasteiger partial charge in [0, 0.05) is 12.8 Å². The highest BCUT2D eigenvalue weighted by Crippen LogP contribution is 2.56. The molecule has 0 heterocycles. The second-order valence-electron chi connectivity index (χ2n) is 5.61. The molecule has 0 nitrogen and oxygen atoms in total. The van der Waals surface area contributed by atoms with Crippen LogP contribution in [0, 0.1) is 0 Å². The van der Waals surface area contributed by atoms with Crippen LogP contribution < -0.4 is 0 Å². The van der Waals surface area contributed by atoms with E-state index in [-0.39, 0.29) is 6.08 Å². The molecule has 0 rings (SSSR count). The van der Waals surface area contributed by atoms with Crippen molar-refractivity contribution in [3.63, 3.8) is 0 Å². The second-order valence-corrected chi connectivity index (χ2v) is 5.61. The van der Waals surface area contributed by atoms with E-state index < -0.39 is 61.2 Å². The van der Waals surface area contributed by atoms with Crippen molar-refractivity contribution in [1.29, 1.82) is 0 Å². The quantitative estimate of drug-likeness (QED) is 0.262. The van der Waals surface area contributed by atoms with Crippen LogP contribution >= 0.6 is 0 Å². The maximum Gasteiger partial charge on any atom is 0.378 e. The lowest BCUT2D eigenvalue weighted by Crippen LogP contribution is -2.63. The van der Waals surface area contributed by atoms with Gasteiger partial charge in [0.05, 0.1) is 12.8 Å². The fourth-order valence-corrected chi connectivity index (χ4v) is 1.93. The average Bonchev–Trinajstić information content (AvgIpc) is 2.34. The van der Waals surface area contributed by atoms with Crippen molar-refractivity contribution >= 4 is 0 Å². The molecular formula is C14H14F12. The number of halogens is 12. The number of hydrogen-bond acceptors (Lipinski definition) is 0. The molecule has 0 radical (unpaired) electrons. The van der Waals surface area contributed by atoms with Gasteiger partial charge in [0.2, 0.25) is 0 Å². The Morgan fingerprint density at radius 1 is 0.500 bits per heavy atom. The molecular weight excluding hydrogens is 396 g/mol. The Morgan fingerprint density at radius 3 is 1.27 bits per heavy atom. The molecule has 0 amide bonds. The van der Waals surface area contributed by atoms with Gasteiger partial charge in [-0.2, -0.15) is 35.1 Å². The van der Waals surface area contributed by atoms with Crippen LogP contribution in [0.1, 0.15) is 25.7 Å². The lowest BCUT2D eigenvalue weighted by atomic mass is 9.91. The minimum atomic E-state index is -6.95. The van der Waals surface area contributed by atoms with E-state index in [9.17, 15) is 52.7 Å². The molecule has 0 fully saturated rings. The maximum atomic E-state index is 13.4. The minimum absolute atomic E-state index is 0.0343. The summed E-state index contributed by atoms with van der Waals surface area (Å²) in [6.45, 7) is 5.35. The molecule has 0 aromatic rings. The van der Waals surface area contributed by atoms with Crippen molar-refractivity contribution in [2.24, 2.45) is 0 Å². The lowest BCUT2D eigenvalue weighted by Gasteiger charge is -2.38. The van der Waals surface area contributed by atoms with E-state index in [4.69, 9.17) is 0 Å². The molecule has 0 unspecified atom stereocenters. The van der Waals surface area contributed by atoms with E-state index in [0.29, 0.717) is 6.08 Å². The molecule has 0 saturated carbocycles. The molecule has 12 heteroatoms. The Labute approximate surface area is 140 Å². The maximum absolute atomic E-state index is 13.4. The zero-order valence-corrected chi connectivity index (χ0v) is 12.9. The molecule has 154 valence electrons. The first-order valence-electron chi connectivity index (χ1n) is 6.77. The van der Waals surface area contributed by atoms with Crippen LogP contribution in [0.25, 0.3) is 0 Å². The summed E-state index contributed by atoms with van der Waals surface area (Å²) in [6, 6.07) is 0. The zero-order valence-electron chi connectivity index (χ0n) is 12.9. The summed E-state index contributed by atoms with van der Waals surface area (Å²) < 4.78 is 159. The Bertz CT molecular complexity index is 506. The van der Waals surface area contributed by atoms with Crippen LogP contribution in [0.15, 0.2) is 25.3 Å². The van der Waals surface area contributed by atoms with Crippen molar-refractivity contribution in [1.82, 2.24) is 0 Å². The molecule has 0 saturated heterocycles. The first kappa shape index (κ1) is 24.6. The SMILES string of the molecule is C=CCC(F)(F)CC(F)(F)CC(F)(F)C(F)(F)C(F)(F)C(F)(F)CC=C. The van der Waals surface area contributed by atoms with Gasteiger partial charge in [-0.1, -0.05) is 12.2 Å². The lowest BCUT2D eigenvalue weighted by molar-refractivity contribution is -0.373. The van der Waals surface area contributed by atoms with Gasteiger partial charge in [0.15, 0.2) is 0 Å². The third kappa shape index (κ3) is 5.09. The van der Waals surface area contributed by atoms with Crippen LogP contribution in [-0.2, 0) is 0 Å². The Morgan fingerprint density at radius 2 is 0.885 bits per heavy atom. The smallest absolute Gasteiger partial charge is 0.206 e. The van der Waals surface area contributed by atoms with Gasteiger partial charge in [-0.25, -0.2) is 17.6 Å². The van der Waals surface area contributed by atoms with Gasteiger partial charge in [-0.15, -0.1) is 13.2 Å². The molecule has 0 bridgehead atoms. The van der Waals surface area contributed by atoms with Crippen molar-refractivity contribution in [3.05, 3.63) is 25.3 Å². The average molecular weight is 410 g/mol. The number of rotatable bonds is 11. The van der Waals surface area contributed by atoms with Crippen LogP contribution in [0.2, 0.25) is 0 Å². The van der Waals surface area contributed by atoms with Crippen LogP contribution in [0.5, 0.6) is 0 Å². The number of allylic oxidation sites excluding steroid dienone is 2. The Hall–Kier alpha value is -1.36. The predicted octanol–water partition coefficient (Wildman–Crippen LogP) is 6.73. The first-order chi connectivity index (χ1) is 11.3. The third-order valence-electron chi connectivity index (χ3n) is 3.15. The summed E-state index contributed by atoms with van der Waals surface area (Å²) >= 11 is 0. The molecule has 0 aliphatic carbocycles. The fraction of sp³-hybridized carbons (Fsp3) is 0.714. The monoisotopic (exact) mass is 410 g/mol. The van der Waals surface area contributed by atoms with E-state index in [1.807, 2.05) is 0 Å². The second kappa shape index (κ2) is 7.34. The zero-order chi connectivity index (χ0) is 21.2. The molecule has 0 aromatic heterocycles. The highest BCUT2D eigenvalue weighted by Gasteiger charge is 2.80. The molecule has 26 heavy (non-hydrogen) atoms. The van der Waals surface area contributed by atoms with Gasteiger partial charge in [0.1, 0.15) is 0 Å². The number of hydrogen-bond donors (Lipinski definition) is 0. The Kier molecular flexibility index (Phi) is 6.95. The van der Waals surface area contributed by atoms with Crippen LogP contribution in [0.3, 0.4) is 0 Å². The molecule has 0 aliphatic rings. The van der Waals surface area contributed by atoms with Crippen molar-refractivity contribution < 1.29 is 52.7 Å². The van der Waals surface area contributed by atoms with Gasteiger partial charge < -0.3 is 0 Å². The standard InChI is InChI=1S/C14H14F12/c1-3-5-9(15,16)7-10(17,18)8-12(21,22)14(25,26)13(23,24)11(19,20)6-4-2/h3-4H,1-2,5-8H2. The van der Waals surface area contributed by atoms with Gasteiger partial charge >= 0.3 is 23.7 Å². The van der Waals surface area contributed by atoms with E-state index in [0.717, 1.165) is 0 Å². The molecule has 0 aromatic carbocycles. The summed E-state index contributed by atoms with van der Waals surface area (Å²) in [5, 5.41) is 0. The largest absolute Gasteiger partial charge is 0.378 e. The van der Waals surface area contributed by atoms with E-state index in [1.165, 1.54) is 0 Å². The summed E-state index contributed by atoms with van der Waals surface area (Å²) in [5.41, 5.74) is 0. The first-order valence-corrected chi connectivity index (χ1v) is 6.77. The summed E-state index contributed by atoms with van der Waals surface area (Å²) in [6.07, 6.45) is -9.29. The molecule has 0 N–H and O–H groups in total.